The Labute approximate surface area is 142 Å². The molecule has 0 radical (unpaired) electrons. The fraction of sp³-hybridized carbons (Fsp3) is 0.0556. The lowest BCUT2D eigenvalue weighted by Crippen LogP contribution is -2.05. The smallest absolute Gasteiger partial charge is 0.130 e. The van der Waals surface area contributed by atoms with E-state index >= 15 is 0 Å². The van der Waals surface area contributed by atoms with Gasteiger partial charge in [-0.1, -0.05) is 41.9 Å². The van der Waals surface area contributed by atoms with Gasteiger partial charge in [-0.15, -0.1) is 11.3 Å². The molecule has 114 valence electrons. The van der Waals surface area contributed by atoms with Gasteiger partial charge in [0.05, 0.1) is 28.8 Å². The molecule has 1 atom stereocenters. The van der Waals surface area contributed by atoms with Gasteiger partial charge >= 0.3 is 0 Å². The summed E-state index contributed by atoms with van der Waals surface area (Å²) in [5.41, 5.74) is 2.69. The molecule has 3 nitrogen and oxygen atoms in total. The lowest BCUT2D eigenvalue weighted by atomic mass is 10.1. The molecule has 0 fully saturated rings. The molecule has 0 aliphatic rings. The SMILES string of the molecule is OC(c1ccc(-c2ccccc2)s1)c1c(Cl)ccc2cncn12. The highest BCUT2D eigenvalue weighted by Gasteiger charge is 2.19. The molecule has 0 aliphatic carbocycles. The van der Waals surface area contributed by atoms with Crippen molar-refractivity contribution < 1.29 is 5.11 Å². The van der Waals surface area contributed by atoms with E-state index in [2.05, 4.69) is 17.1 Å². The van der Waals surface area contributed by atoms with Gasteiger partial charge in [-0.3, -0.25) is 4.40 Å². The van der Waals surface area contributed by atoms with E-state index in [0.717, 1.165) is 20.8 Å². The standard InChI is InChI=1S/C18H13ClN2OS/c19-14-7-6-13-10-20-11-21(13)17(14)18(22)16-9-8-15(23-16)12-4-2-1-3-5-12/h1-11,18,22H. The summed E-state index contributed by atoms with van der Waals surface area (Å²) in [5.74, 6) is 0. The van der Waals surface area contributed by atoms with Crippen molar-refractivity contribution in [2.45, 2.75) is 6.10 Å². The molecule has 0 aliphatic heterocycles. The van der Waals surface area contributed by atoms with Crippen molar-refractivity contribution in [3.63, 3.8) is 0 Å². The monoisotopic (exact) mass is 340 g/mol. The highest BCUT2D eigenvalue weighted by atomic mass is 35.5. The van der Waals surface area contributed by atoms with Crippen LogP contribution in [0.1, 0.15) is 16.7 Å². The molecular formula is C18H13ClN2OS. The molecule has 1 unspecified atom stereocenters. The zero-order valence-electron chi connectivity index (χ0n) is 12.1. The summed E-state index contributed by atoms with van der Waals surface area (Å²) < 4.78 is 1.83. The van der Waals surface area contributed by atoms with Crippen LogP contribution in [-0.2, 0) is 0 Å². The first kappa shape index (κ1) is 14.5. The largest absolute Gasteiger partial charge is 0.381 e. The van der Waals surface area contributed by atoms with Crippen LogP contribution in [0.15, 0.2) is 67.1 Å². The number of hydrogen-bond donors (Lipinski definition) is 1. The van der Waals surface area contributed by atoms with E-state index < -0.39 is 6.10 Å². The highest BCUT2D eigenvalue weighted by molar-refractivity contribution is 7.15. The maximum atomic E-state index is 10.8. The van der Waals surface area contributed by atoms with Crippen molar-refractivity contribution in [2.75, 3.05) is 0 Å². The zero-order valence-corrected chi connectivity index (χ0v) is 13.6. The Morgan fingerprint density at radius 3 is 2.70 bits per heavy atom. The number of pyridine rings is 1. The number of hydrogen-bond acceptors (Lipinski definition) is 3. The third-order valence-electron chi connectivity index (χ3n) is 3.79. The van der Waals surface area contributed by atoms with Crippen LogP contribution in [0, 0.1) is 0 Å². The Balaban J connectivity index is 1.77. The summed E-state index contributed by atoms with van der Waals surface area (Å²) >= 11 is 7.89. The zero-order chi connectivity index (χ0) is 15.8. The lowest BCUT2D eigenvalue weighted by Gasteiger charge is -2.13. The van der Waals surface area contributed by atoms with Crippen LogP contribution in [0.5, 0.6) is 0 Å². The number of aromatic nitrogens is 2. The van der Waals surface area contributed by atoms with Crippen molar-refractivity contribution in [1.82, 2.24) is 9.38 Å². The number of thiophene rings is 1. The Morgan fingerprint density at radius 2 is 1.87 bits per heavy atom. The molecule has 1 N–H and O–H groups in total. The van der Waals surface area contributed by atoms with Gasteiger partial charge in [0, 0.05) is 9.75 Å². The quantitative estimate of drug-likeness (QED) is 0.581. The topological polar surface area (TPSA) is 37.5 Å². The Kier molecular flexibility index (Phi) is 3.65. The number of imidazole rings is 1. The first-order valence-electron chi connectivity index (χ1n) is 7.18. The second-order valence-corrected chi connectivity index (χ2v) is 6.75. The van der Waals surface area contributed by atoms with Crippen molar-refractivity contribution >= 4 is 28.5 Å². The third kappa shape index (κ3) is 2.55. The lowest BCUT2D eigenvalue weighted by molar-refractivity contribution is 0.218. The molecule has 23 heavy (non-hydrogen) atoms. The van der Waals surface area contributed by atoms with Gasteiger partial charge in [-0.05, 0) is 29.8 Å². The number of halogens is 1. The summed E-state index contributed by atoms with van der Waals surface area (Å²) in [5, 5.41) is 11.4. The molecule has 3 heterocycles. The van der Waals surface area contributed by atoms with Crippen LogP contribution in [-0.4, -0.2) is 14.5 Å². The minimum Gasteiger partial charge on any atom is -0.381 e. The van der Waals surface area contributed by atoms with Crippen LogP contribution < -0.4 is 0 Å². The molecule has 3 aromatic heterocycles. The Morgan fingerprint density at radius 1 is 1.04 bits per heavy atom. The van der Waals surface area contributed by atoms with Gasteiger partial charge in [0.1, 0.15) is 6.10 Å². The number of nitrogens with zero attached hydrogens (tertiary/aromatic N) is 2. The normalized spacial score (nSPS) is 12.6. The van der Waals surface area contributed by atoms with E-state index in [0.29, 0.717) is 10.7 Å². The first-order chi connectivity index (χ1) is 11.2. The molecular weight excluding hydrogens is 328 g/mol. The number of fused-ring (bicyclic) bond motifs is 1. The fourth-order valence-electron chi connectivity index (χ4n) is 2.64. The van der Waals surface area contributed by atoms with Crippen molar-refractivity contribution in [1.29, 1.82) is 0 Å². The average Bonchev–Trinajstić information content (AvgIpc) is 3.24. The molecule has 0 saturated heterocycles. The van der Waals surface area contributed by atoms with Gasteiger partial charge in [-0.2, -0.15) is 0 Å². The highest BCUT2D eigenvalue weighted by Crippen LogP contribution is 2.36. The summed E-state index contributed by atoms with van der Waals surface area (Å²) in [7, 11) is 0. The van der Waals surface area contributed by atoms with Crippen molar-refractivity contribution in [3.05, 3.63) is 82.7 Å². The molecule has 0 spiro atoms. The molecule has 0 amide bonds. The molecule has 0 bridgehead atoms. The van der Waals surface area contributed by atoms with E-state index in [1.807, 2.05) is 40.8 Å². The summed E-state index contributed by atoms with van der Waals surface area (Å²) in [6.45, 7) is 0. The predicted molar refractivity (Wildman–Crippen MR) is 94.0 cm³/mol. The second kappa shape index (κ2) is 5.81. The van der Waals surface area contributed by atoms with Crippen LogP contribution in [0.4, 0.5) is 0 Å². The minimum atomic E-state index is -0.789. The van der Waals surface area contributed by atoms with E-state index in [-0.39, 0.29) is 0 Å². The molecule has 0 saturated carbocycles. The Hall–Kier alpha value is -2.14. The van der Waals surface area contributed by atoms with Crippen LogP contribution >= 0.6 is 22.9 Å². The number of aliphatic hydroxyl groups excluding tert-OH is 1. The van der Waals surface area contributed by atoms with E-state index in [1.165, 1.54) is 0 Å². The number of benzene rings is 1. The summed E-state index contributed by atoms with van der Waals surface area (Å²) in [4.78, 5) is 6.10. The third-order valence-corrected chi connectivity index (χ3v) is 5.29. The van der Waals surface area contributed by atoms with Crippen molar-refractivity contribution in [2.24, 2.45) is 0 Å². The van der Waals surface area contributed by atoms with Gasteiger partial charge in [0.25, 0.3) is 0 Å². The van der Waals surface area contributed by atoms with Gasteiger partial charge in [0.2, 0.25) is 0 Å². The molecule has 1 aromatic carbocycles. The van der Waals surface area contributed by atoms with Crippen LogP contribution in [0.2, 0.25) is 5.02 Å². The maximum absolute atomic E-state index is 10.8. The Bertz CT molecular complexity index is 961. The van der Waals surface area contributed by atoms with E-state index in [1.54, 1.807) is 29.9 Å². The minimum absolute atomic E-state index is 0.526. The number of rotatable bonds is 3. The molecule has 4 aromatic rings. The van der Waals surface area contributed by atoms with Gasteiger partial charge in [-0.25, -0.2) is 4.98 Å². The summed E-state index contributed by atoms with van der Waals surface area (Å²) in [6.07, 6.45) is 2.63. The molecule has 5 heteroatoms. The maximum Gasteiger partial charge on any atom is 0.130 e. The van der Waals surface area contributed by atoms with E-state index in [9.17, 15) is 5.11 Å². The summed E-state index contributed by atoms with van der Waals surface area (Å²) in [6, 6.07) is 17.8. The van der Waals surface area contributed by atoms with Gasteiger partial charge in [0.15, 0.2) is 0 Å². The second-order valence-electron chi connectivity index (χ2n) is 5.23. The fourth-order valence-corrected chi connectivity index (χ4v) is 3.90. The number of aliphatic hydroxyl groups is 1. The van der Waals surface area contributed by atoms with Crippen molar-refractivity contribution in [3.8, 4) is 10.4 Å². The van der Waals surface area contributed by atoms with E-state index in [4.69, 9.17) is 11.6 Å². The van der Waals surface area contributed by atoms with Crippen LogP contribution in [0.3, 0.4) is 0 Å². The predicted octanol–water partition coefficient (Wildman–Crippen LogP) is 4.80. The van der Waals surface area contributed by atoms with Crippen LogP contribution in [0.25, 0.3) is 16.0 Å². The average molecular weight is 341 g/mol. The first-order valence-corrected chi connectivity index (χ1v) is 8.37. The van der Waals surface area contributed by atoms with Gasteiger partial charge < -0.3 is 5.11 Å². The molecule has 4 rings (SSSR count).